The summed E-state index contributed by atoms with van der Waals surface area (Å²) < 4.78 is 0.748. The van der Waals surface area contributed by atoms with Gasteiger partial charge in [0, 0.05) is 17.6 Å². The van der Waals surface area contributed by atoms with E-state index in [2.05, 4.69) is 36.5 Å². The largest absolute Gasteiger partial charge is 0.373 e. The number of hydrogen-bond donors (Lipinski definition) is 2. The number of hydrogen-bond acceptors (Lipinski definition) is 5. The molecule has 1 heterocycles. The normalized spacial score (nSPS) is 10.4. The standard InChI is InChI=1S/C12H11BrCl2N4S/c1-16-8-5-9(19-12(18-8)20-2)17-7-4-3-6(13)10(14)11(7)15/h3-5H,1-2H3,(H2,16,17,18,19). The molecule has 0 bridgehead atoms. The molecular weight excluding hydrogens is 383 g/mol. The smallest absolute Gasteiger partial charge is 0.191 e. The quantitative estimate of drug-likeness (QED) is 0.432. The lowest BCUT2D eigenvalue weighted by molar-refractivity contribution is 0.977. The number of benzene rings is 1. The summed E-state index contributed by atoms with van der Waals surface area (Å²) >= 11 is 17.1. The van der Waals surface area contributed by atoms with Gasteiger partial charge in [0.05, 0.1) is 15.7 Å². The van der Waals surface area contributed by atoms with E-state index in [1.807, 2.05) is 18.4 Å². The van der Waals surface area contributed by atoms with Crippen LogP contribution in [0.2, 0.25) is 10.0 Å². The third kappa shape index (κ3) is 3.49. The fourth-order valence-electron chi connectivity index (χ4n) is 1.47. The summed E-state index contributed by atoms with van der Waals surface area (Å²) in [5, 5.41) is 7.71. The van der Waals surface area contributed by atoms with Crippen LogP contribution in [0.15, 0.2) is 27.8 Å². The summed E-state index contributed by atoms with van der Waals surface area (Å²) in [5.41, 5.74) is 0.688. The molecule has 0 unspecified atom stereocenters. The van der Waals surface area contributed by atoms with Crippen molar-refractivity contribution in [1.82, 2.24) is 9.97 Å². The average Bonchev–Trinajstić information content (AvgIpc) is 2.47. The number of rotatable bonds is 4. The number of halogens is 3. The van der Waals surface area contributed by atoms with Gasteiger partial charge in [-0.2, -0.15) is 0 Å². The lowest BCUT2D eigenvalue weighted by Gasteiger charge is -2.11. The Labute approximate surface area is 139 Å². The van der Waals surface area contributed by atoms with Gasteiger partial charge in [-0.25, -0.2) is 9.97 Å². The maximum atomic E-state index is 6.21. The highest BCUT2D eigenvalue weighted by molar-refractivity contribution is 9.10. The molecule has 8 heteroatoms. The second-order valence-electron chi connectivity index (χ2n) is 3.72. The first-order valence-corrected chi connectivity index (χ1v) is 8.34. The summed E-state index contributed by atoms with van der Waals surface area (Å²) in [7, 11) is 1.81. The van der Waals surface area contributed by atoms with Crippen LogP contribution in [0, 0.1) is 0 Å². The van der Waals surface area contributed by atoms with Crippen molar-refractivity contribution in [3.05, 3.63) is 32.7 Å². The van der Waals surface area contributed by atoms with Crippen LogP contribution in [0.25, 0.3) is 0 Å². The van der Waals surface area contributed by atoms with Gasteiger partial charge in [-0.05, 0) is 34.3 Å². The molecule has 1 aromatic carbocycles. The van der Waals surface area contributed by atoms with Crippen LogP contribution < -0.4 is 10.6 Å². The van der Waals surface area contributed by atoms with Crippen LogP contribution in [0.5, 0.6) is 0 Å². The van der Waals surface area contributed by atoms with E-state index in [9.17, 15) is 0 Å². The summed E-state index contributed by atoms with van der Waals surface area (Å²) in [6, 6.07) is 5.45. The van der Waals surface area contributed by atoms with Crippen LogP contribution in [0.4, 0.5) is 17.3 Å². The first-order valence-electron chi connectivity index (χ1n) is 5.56. The molecule has 2 N–H and O–H groups in total. The topological polar surface area (TPSA) is 49.8 Å². The van der Waals surface area contributed by atoms with Crippen molar-refractivity contribution in [2.45, 2.75) is 5.16 Å². The first-order chi connectivity index (χ1) is 9.55. The Kier molecular flexibility index (Phi) is 5.37. The van der Waals surface area contributed by atoms with Gasteiger partial charge in [0.25, 0.3) is 0 Å². The minimum atomic E-state index is 0.441. The Morgan fingerprint density at radius 3 is 2.50 bits per heavy atom. The van der Waals surface area contributed by atoms with Crippen LogP contribution >= 0.6 is 50.9 Å². The molecule has 0 radical (unpaired) electrons. The van der Waals surface area contributed by atoms with Crippen LogP contribution in [-0.2, 0) is 0 Å². The molecule has 0 saturated carbocycles. The lowest BCUT2D eigenvalue weighted by Crippen LogP contribution is -2.01. The Hall–Kier alpha value is -0.690. The van der Waals surface area contributed by atoms with Gasteiger partial charge in [-0.3, -0.25) is 0 Å². The molecule has 0 aliphatic heterocycles. The summed E-state index contributed by atoms with van der Waals surface area (Å²) in [6.45, 7) is 0. The molecule has 0 fully saturated rings. The maximum absolute atomic E-state index is 6.21. The number of anilines is 3. The molecule has 0 aliphatic rings. The molecule has 106 valence electrons. The second kappa shape index (κ2) is 6.85. The van der Waals surface area contributed by atoms with Gasteiger partial charge in [0.2, 0.25) is 0 Å². The Balaban J connectivity index is 2.37. The van der Waals surface area contributed by atoms with Gasteiger partial charge < -0.3 is 10.6 Å². The van der Waals surface area contributed by atoms with Gasteiger partial charge in [-0.15, -0.1) is 0 Å². The van der Waals surface area contributed by atoms with Crippen molar-refractivity contribution in [3.8, 4) is 0 Å². The van der Waals surface area contributed by atoms with Gasteiger partial charge in [-0.1, -0.05) is 35.0 Å². The van der Waals surface area contributed by atoms with E-state index in [1.54, 1.807) is 13.1 Å². The minimum Gasteiger partial charge on any atom is -0.373 e. The van der Waals surface area contributed by atoms with E-state index in [-0.39, 0.29) is 0 Å². The van der Waals surface area contributed by atoms with Crippen LogP contribution in [-0.4, -0.2) is 23.3 Å². The molecule has 2 rings (SSSR count). The number of nitrogens with zero attached hydrogens (tertiary/aromatic N) is 2. The third-order valence-corrected chi connectivity index (χ3v) is 4.76. The van der Waals surface area contributed by atoms with Gasteiger partial charge >= 0.3 is 0 Å². The first kappa shape index (κ1) is 15.7. The highest BCUT2D eigenvalue weighted by Crippen LogP contribution is 2.37. The molecule has 0 atom stereocenters. The SMILES string of the molecule is CNc1cc(Nc2ccc(Br)c(Cl)c2Cl)nc(SC)n1. The molecule has 2 aromatic rings. The monoisotopic (exact) mass is 392 g/mol. The van der Waals surface area contributed by atoms with Crippen LogP contribution in [0.3, 0.4) is 0 Å². The minimum absolute atomic E-state index is 0.441. The third-order valence-electron chi connectivity index (χ3n) is 2.44. The second-order valence-corrected chi connectivity index (χ2v) is 6.11. The maximum Gasteiger partial charge on any atom is 0.191 e. The van der Waals surface area contributed by atoms with Crippen molar-refractivity contribution < 1.29 is 0 Å². The molecular formula is C12H11BrCl2N4S. The van der Waals surface area contributed by atoms with E-state index in [0.29, 0.717) is 26.7 Å². The van der Waals surface area contributed by atoms with E-state index in [1.165, 1.54) is 11.8 Å². The fourth-order valence-corrected chi connectivity index (χ4v) is 2.67. The molecule has 0 amide bonds. The molecule has 0 aliphatic carbocycles. The molecule has 20 heavy (non-hydrogen) atoms. The van der Waals surface area contributed by atoms with Crippen molar-refractivity contribution in [3.63, 3.8) is 0 Å². The van der Waals surface area contributed by atoms with E-state index >= 15 is 0 Å². The highest BCUT2D eigenvalue weighted by atomic mass is 79.9. The Morgan fingerprint density at radius 2 is 1.85 bits per heavy atom. The van der Waals surface area contributed by atoms with Gasteiger partial charge in [0.1, 0.15) is 11.6 Å². The molecule has 0 spiro atoms. The van der Waals surface area contributed by atoms with Crippen molar-refractivity contribution in [2.24, 2.45) is 0 Å². The lowest BCUT2D eigenvalue weighted by atomic mass is 10.3. The van der Waals surface area contributed by atoms with Crippen LogP contribution in [0.1, 0.15) is 0 Å². The summed E-state index contributed by atoms with van der Waals surface area (Å²) in [5.74, 6) is 1.38. The van der Waals surface area contributed by atoms with Crippen molar-refractivity contribution in [2.75, 3.05) is 23.9 Å². The number of thioether (sulfide) groups is 1. The Bertz CT molecular complexity index is 617. The average molecular weight is 394 g/mol. The zero-order valence-electron chi connectivity index (χ0n) is 10.7. The molecule has 0 saturated heterocycles. The highest BCUT2D eigenvalue weighted by Gasteiger charge is 2.10. The van der Waals surface area contributed by atoms with E-state index in [0.717, 1.165) is 10.3 Å². The van der Waals surface area contributed by atoms with E-state index < -0.39 is 0 Å². The fraction of sp³-hybridized carbons (Fsp3) is 0.167. The summed E-state index contributed by atoms with van der Waals surface area (Å²) in [4.78, 5) is 8.68. The number of aromatic nitrogens is 2. The van der Waals surface area contributed by atoms with Gasteiger partial charge in [0.15, 0.2) is 5.16 Å². The van der Waals surface area contributed by atoms with Crippen molar-refractivity contribution in [1.29, 1.82) is 0 Å². The molecule has 4 nitrogen and oxygen atoms in total. The zero-order chi connectivity index (χ0) is 14.7. The number of nitrogens with one attached hydrogen (secondary N) is 2. The summed E-state index contributed by atoms with van der Waals surface area (Å²) in [6.07, 6.45) is 1.92. The predicted octanol–water partition coefficient (Wildman–Crippen LogP) is 5.05. The molecule has 1 aromatic heterocycles. The zero-order valence-corrected chi connectivity index (χ0v) is 14.6. The van der Waals surface area contributed by atoms with Crippen molar-refractivity contribution >= 4 is 68.2 Å². The Morgan fingerprint density at radius 1 is 1.15 bits per heavy atom. The predicted molar refractivity (Wildman–Crippen MR) is 90.8 cm³/mol. The van der Waals surface area contributed by atoms with E-state index in [4.69, 9.17) is 23.2 Å².